The zero-order valence-electron chi connectivity index (χ0n) is 13.3. The van der Waals surface area contributed by atoms with Crippen molar-refractivity contribution >= 4 is 11.5 Å². The largest absolute Gasteiger partial charge is 0.394 e. The van der Waals surface area contributed by atoms with Crippen molar-refractivity contribution in [1.29, 1.82) is 0 Å². The molecule has 4 heteroatoms. The third kappa shape index (κ3) is 3.78. The van der Waals surface area contributed by atoms with Gasteiger partial charge in [0.05, 0.1) is 11.4 Å². The fourth-order valence-electron chi connectivity index (χ4n) is 2.73. The molecule has 0 radical (unpaired) electrons. The van der Waals surface area contributed by atoms with Crippen molar-refractivity contribution in [3.05, 3.63) is 41.6 Å². The summed E-state index contributed by atoms with van der Waals surface area (Å²) in [6, 6.07) is 10.6. The van der Waals surface area contributed by atoms with Gasteiger partial charge in [-0.15, -0.1) is 0 Å². The number of rotatable bonds is 7. The van der Waals surface area contributed by atoms with Crippen LogP contribution in [0.4, 0.5) is 11.5 Å². The fraction of sp³-hybridized carbons (Fsp3) is 0.471. The first kappa shape index (κ1) is 15.4. The maximum atomic E-state index is 6.25. The number of aryl methyl sites for hydroxylation is 3. The number of anilines is 2. The highest BCUT2D eigenvalue weighted by atomic mass is 15.4. The van der Waals surface area contributed by atoms with Crippen molar-refractivity contribution in [3.63, 3.8) is 0 Å². The van der Waals surface area contributed by atoms with Crippen LogP contribution in [0.2, 0.25) is 0 Å². The summed E-state index contributed by atoms with van der Waals surface area (Å²) < 4.78 is 1.91. The van der Waals surface area contributed by atoms with Crippen molar-refractivity contribution in [2.24, 2.45) is 7.05 Å². The van der Waals surface area contributed by atoms with E-state index in [0.29, 0.717) is 0 Å². The van der Waals surface area contributed by atoms with Gasteiger partial charge in [-0.1, -0.05) is 43.7 Å². The van der Waals surface area contributed by atoms with Crippen molar-refractivity contribution in [2.45, 2.75) is 32.6 Å². The molecule has 0 unspecified atom stereocenters. The molecule has 114 valence electrons. The summed E-state index contributed by atoms with van der Waals surface area (Å²) in [5, 5.41) is 4.54. The number of nitrogen functional groups attached to an aromatic ring is 1. The van der Waals surface area contributed by atoms with E-state index < -0.39 is 0 Å². The molecule has 2 rings (SSSR count). The molecule has 0 aliphatic rings. The van der Waals surface area contributed by atoms with Gasteiger partial charge < -0.3 is 10.6 Å². The highest BCUT2D eigenvalue weighted by Gasteiger charge is 2.15. The summed E-state index contributed by atoms with van der Waals surface area (Å²) >= 11 is 0. The Kier molecular flexibility index (Phi) is 5.26. The van der Waals surface area contributed by atoms with Gasteiger partial charge in [-0.2, -0.15) is 5.10 Å². The van der Waals surface area contributed by atoms with E-state index >= 15 is 0 Å². The predicted molar refractivity (Wildman–Crippen MR) is 89.6 cm³/mol. The Balaban J connectivity index is 1.95. The van der Waals surface area contributed by atoms with Crippen LogP contribution < -0.4 is 10.6 Å². The molecule has 0 saturated carbocycles. The Morgan fingerprint density at radius 1 is 1.19 bits per heavy atom. The third-order valence-corrected chi connectivity index (χ3v) is 3.78. The summed E-state index contributed by atoms with van der Waals surface area (Å²) in [4.78, 5) is 2.21. The molecule has 2 N–H and O–H groups in total. The van der Waals surface area contributed by atoms with Gasteiger partial charge in [-0.25, -0.2) is 0 Å². The Morgan fingerprint density at radius 2 is 1.90 bits per heavy atom. The van der Waals surface area contributed by atoms with Crippen molar-refractivity contribution in [3.8, 4) is 0 Å². The Labute approximate surface area is 127 Å². The van der Waals surface area contributed by atoms with E-state index in [9.17, 15) is 0 Å². The van der Waals surface area contributed by atoms with Crippen LogP contribution in [0.5, 0.6) is 0 Å². The number of hydrogen-bond acceptors (Lipinski definition) is 3. The van der Waals surface area contributed by atoms with E-state index in [0.717, 1.165) is 49.4 Å². The zero-order valence-corrected chi connectivity index (χ0v) is 13.3. The van der Waals surface area contributed by atoms with Gasteiger partial charge in [0.15, 0.2) is 0 Å². The smallest absolute Gasteiger partial charge is 0.150 e. The van der Waals surface area contributed by atoms with Crippen LogP contribution in [-0.2, 0) is 19.9 Å². The molecule has 1 aromatic carbocycles. The van der Waals surface area contributed by atoms with Crippen molar-refractivity contribution in [1.82, 2.24) is 9.78 Å². The lowest BCUT2D eigenvalue weighted by Gasteiger charge is -2.20. The zero-order chi connectivity index (χ0) is 15.2. The summed E-state index contributed by atoms with van der Waals surface area (Å²) in [7, 11) is 4.06. The number of benzene rings is 1. The van der Waals surface area contributed by atoms with Crippen LogP contribution in [0.1, 0.15) is 31.0 Å². The first-order valence-corrected chi connectivity index (χ1v) is 7.70. The van der Waals surface area contributed by atoms with Crippen LogP contribution in [0.3, 0.4) is 0 Å². The van der Waals surface area contributed by atoms with Gasteiger partial charge in [-0.05, 0) is 24.8 Å². The van der Waals surface area contributed by atoms with Crippen molar-refractivity contribution < 1.29 is 0 Å². The van der Waals surface area contributed by atoms with Crippen LogP contribution in [0.25, 0.3) is 0 Å². The molecule has 4 nitrogen and oxygen atoms in total. The molecule has 0 saturated heterocycles. The lowest BCUT2D eigenvalue weighted by Crippen LogP contribution is -2.22. The molecule has 0 aliphatic carbocycles. The minimum atomic E-state index is 0.835. The lowest BCUT2D eigenvalue weighted by molar-refractivity contribution is 0.699. The standard InChI is InChI=1S/C17H26N4/c1-4-9-15-16(18)17(21(3)19-15)20(2)13-8-12-14-10-6-5-7-11-14/h5-7,10-11H,4,8-9,12-13,18H2,1-3H3. The monoisotopic (exact) mass is 286 g/mol. The highest BCUT2D eigenvalue weighted by Crippen LogP contribution is 2.26. The molecule has 2 aromatic rings. The quantitative estimate of drug-likeness (QED) is 0.851. The van der Waals surface area contributed by atoms with Gasteiger partial charge in [-0.3, -0.25) is 4.68 Å². The minimum Gasteiger partial charge on any atom is -0.394 e. The molecule has 0 bridgehead atoms. The van der Waals surface area contributed by atoms with Gasteiger partial charge in [0, 0.05) is 20.6 Å². The summed E-state index contributed by atoms with van der Waals surface area (Å²) in [5.41, 5.74) is 9.49. The molecular weight excluding hydrogens is 260 g/mol. The van der Waals surface area contributed by atoms with E-state index in [2.05, 4.69) is 54.3 Å². The maximum absolute atomic E-state index is 6.25. The Bertz CT molecular complexity index is 560. The first-order valence-electron chi connectivity index (χ1n) is 7.70. The van der Waals surface area contributed by atoms with Gasteiger partial charge in [0.1, 0.15) is 5.82 Å². The number of aromatic nitrogens is 2. The van der Waals surface area contributed by atoms with E-state index in [1.165, 1.54) is 5.56 Å². The highest BCUT2D eigenvalue weighted by molar-refractivity contribution is 5.66. The Morgan fingerprint density at radius 3 is 2.57 bits per heavy atom. The SMILES string of the molecule is CCCc1nn(C)c(N(C)CCCc2ccccc2)c1N. The maximum Gasteiger partial charge on any atom is 0.150 e. The van der Waals surface area contributed by atoms with Crippen LogP contribution in [0, 0.1) is 0 Å². The number of nitrogens with zero attached hydrogens (tertiary/aromatic N) is 3. The molecule has 1 aromatic heterocycles. The second kappa shape index (κ2) is 7.16. The molecule has 1 heterocycles. The fourth-order valence-corrected chi connectivity index (χ4v) is 2.73. The second-order valence-electron chi connectivity index (χ2n) is 5.57. The molecule has 21 heavy (non-hydrogen) atoms. The first-order chi connectivity index (χ1) is 10.1. The average molecular weight is 286 g/mol. The Hall–Kier alpha value is -1.97. The molecular formula is C17H26N4. The second-order valence-corrected chi connectivity index (χ2v) is 5.57. The summed E-state index contributed by atoms with van der Waals surface area (Å²) in [6.07, 6.45) is 4.20. The molecule has 0 spiro atoms. The molecule has 0 amide bonds. The molecule has 0 atom stereocenters. The predicted octanol–water partition coefficient (Wildman–Crippen LogP) is 3.02. The topological polar surface area (TPSA) is 47.1 Å². The van der Waals surface area contributed by atoms with E-state index in [1.54, 1.807) is 0 Å². The lowest BCUT2D eigenvalue weighted by atomic mass is 10.1. The normalized spacial score (nSPS) is 10.8. The van der Waals surface area contributed by atoms with E-state index in [4.69, 9.17) is 5.73 Å². The average Bonchev–Trinajstić information content (AvgIpc) is 2.75. The molecule has 0 aliphatic heterocycles. The van der Waals surface area contributed by atoms with Crippen LogP contribution >= 0.6 is 0 Å². The number of hydrogen-bond donors (Lipinski definition) is 1. The number of nitrogens with two attached hydrogens (primary N) is 1. The molecule has 0 fully saturated rings. The third-order valence-electron chi connectivity index (χ3n) is 3.78. The minimum absolute atomic E-state index is 0.835. The summed E-state index contributed by atoms with van der Waals surface area (Å²) in [6.45, 7) is 3.13. The van der Waals surface area contributed by atoms with Crippen LogP contribution in [0.15, 0.2) is 30.3 Å². The van der Waals surface area contributed by atoms with Gasteiger partial charge >= 0.3 is 0 Å². The van der Waals surface area contributed by atoms with Crippen molar-refractivity contribution in [2.75, 3.05) is 24.2 Å². The van der Waals surface area contributed by atoms with E-state index in [1.807, 2.05) is 11.7 Å². The summed E-state index contributed by atoms with van der Waals surface area (Å²) in [5.74, 6) is 1.03. The van der Waals surface area contributed by atoms with Gasteiger partial charge in [0.2, 0.25) is 0 Å². The van der Waals surface area contributed by atoms with E-state index in [-0.39, 0.29) is 0 Å². The van der Waals surface area contributed by atoms with Gasteiger partial charge in [0.25, 0.3) is 0 Å². The van der Waals surface area contributed by atoms with Crippen LogP contribution in [-0.4, -0.2) is 23.4 Å².